The summed E-state index contributed by atoms with van der Waals surface area (Å²) in [5, 5.41) is 6.09. The first-order valence-corrected chi connectivity index (χ1v) is 5.92. The van der Waals surface area contributed by atoms with Crippen molar-refractivity contribution in [3.05, 3.63) is 0 Å². The van der Waals surface area contributed by atoms with Crippen LogP contribution in [0.2, 0.25) is 0 Å². The fourth-order valence-electron chi connectivity index (χ4n) is 2.49. The Bertz CT molecular complexity index is 226. The average molecular weight is 212 g/mol. The summed E-state index contributed by atoms with van der Waals surface area (Å²) >= 11 is 0. The van der Waals surface area contributed by atoms with Crippen molar-refractivity contribution in [2.45, 2.75) is 58.5 Å². The van der Waals surface area contributed by atoms with Gasteiger partial charge in [-0.05, 0) is 31.6 Å². The molecule has 88 valence electrons. The Morgan fingerprint density at radius 2 is 2.13 bits per heavy atom. The highest BCUT2D eigenvalue weighted by molar-refractivity contribution is 5.80. The molecule has 1 aliphatic rings. The van der Waals surface area contributed by atoms with Crippen LogP contribution in [-0.2, 0) is 4.79 Å². The Hall–Kier alpha value is -0.570. The Balaban J connectivity index is 2.41. The molecule has 1 amide bonds. The van der Waals surface area contributed by atoms with Crippen LogP contribution in [0.25, 0.3) is 0 Å². The number of carbonyl (C=O) groups is 1. The zero-order valence-corrected chi connectivity index (χ0v) is 10.4. The van der Waals surface area contributed by atoms with Gasteiger partial charge in [-0.3, -0.25) is 4.79 Å². The van der Waals surface area contributed by atoms with E-state index >= 15 is 0 Å². The van der Waals surface area contributed by atoms with Crippen LogP contribution in [0.5, 0.6) is 0 Å². The topological polar surface area (TPSA) is 41.1 Å². The minimum absolute atomic E-state index is 0.0751. The predicted molar refractivity (Wildman–Crippen MR) is 62.7 cm³/mol. The van der Waals surface area contributed by atoms with Crippen molar-refractivity contribution in [1.29, 1.82) is 0 Å². The third kappa shape index (κ3) is 3.82. The van der Waals surface area contributed by atoms with Crippen LogP contribution in [0.1, 0.15) is 46.5 Å². The number of hydrogen-bond donors (Lipinski definition) is 2. The molecular weight excluding hydrogens is 188 g/mol. The van der Waals surface area contributed by atoms with Crippen LogP contribution in [0.4, 0.5) is 0 Å². The molecule has 3 heteroatoms. The van der Waals surface area contributed by atoms with Gasteiger partial charge in [-0.2, -0.15) is 0 Å². The zero-order chi connectivity index (χ0) is 11.5. The fraction of sp³-hybridized carbons (Fsp3) is 0.917. The standard InChI is InChI=1S/C12H24N2O/c1-9(11(15)13-4)14-10-6-5-7-12(2,3)8-10/h9-10,14H,5-8H2,1-4H3,(H,13,15)/t9-,10?/m1/s1. The molecule has 3 nitrogen and oxygen atoms in total. The van der Waals surface area contributed by atoms with Crippen LogP contribution < -0.4 is 10.6 Å². The van der Waals surface area contributed by atoms with Gasteiger partial charge in [0.2, 0.25) is 5.91 Å². The van der Waals surface area contributed by atoms with Gasteiger partial charge in [-0.15, -0.1) is 0 Å². The lowest BCUT2D eigenvalue weighted by molar-refractivity contribution is -0.122. The van der Waals surface area contributed by atoms with Gasteiger partial charge in [0.15, 0.2) is 0 Å². The van der Waals surface area contributed by atoms with Crippen molar-refractivity contribution in [3.63, 3.8) is 0 Å². The maximum atomic E-state index is 11.4. The van der Waals surface area contributed by atoms with Gasteiger partial charge >= 0.3 is 0 Å². The summed E-state index contributed by atoms with van der Waals surface area (Å²) in [6.07, 6.45) is 4.95. The number of carbonyl (C=O) groups excluding carboxylic acids is 1. The van der Waals surface area contributed by atoms with Crippen molar-refractivity contribution in [1.82, 2.24) is 10.6 Å². The van der Waals surface area contributed by atoms with Crippen molar-refractivity contribution in [2.24, 2.45) is 5.41 Å². The van der Waals surface area contributed by atoms with E-state index in [1.807, 2.05) is 6.92 Å². The monoisotopic (exact) mass is 212 g/mol. The van der Waals surface area contributed by atoms with Crippen molar-refractivity contribution >= 4 is 5.91 Å². The van der Waals surface area contributed by atoms with Gasteiger partial charge in [0.25, 0.3) is 0 Å². The molecule has 15 heavy (non-hydrogen) atoms. The fourth-order valence-corrected chi connectivity index (χ4v) is 2.49. The third-order valence-corrected chi connectivity index (χ3v) is 3.33. The first-order chi connectivity index (χ1) is 6.94. The molecule has 0 saturated heterocycles. The summed E-state index contributed by atoms with van der Waals surface area (Å²) in [5.41, 5.74) is 0.429. The molecule has 0 aromatic heterocycles. The number of rotatable bonds is 3. The minimum atomic E-state index is -0.0751. The summed E-state index contributed by atoms with van der Waals surface area (Å²) < 4.78 is 0. The maximum Gasteiger partial charge on any atom is 0.236 e. The molecule has 2 atom stereocenters. The Kier molecular flexibility index (Phi) is 4.14. The lowest BCUT2D eigenvalue weighted by atomic mass is 9.75. The Labute approximate surface area is 93.0 Å². The highest BCUT2D eigenvalue weighted by Crippen LogP contribution is 2.35. The molecule has 0 spiro atoms. The molecule has 1 unspecified atom stereocenters. The Morgan fingerprint density at radius 3 is 2.67 bits per heavy atom. The van der Waals surface area contributed by atoms with Gasteiger partial charge in [-0.25, -0.2) is 0 Å². The lowest BCUT2D eigenvalue weighted by Gasteiger charge is -2.36. The summed E-state index contributed by atoms with van der Waals surface area (Å²) in [4.78, 5) is 11.4. The highest BCUT2D eigenvalue weighted by atomic mass is 16.2. The van der Waals surface area contributed by atoms with E-state index in [1.165, 1.54) is 25.7 Å². The van der Waals surface area contributed by atoms with Crippen molar-refractivity contribution < 1.29 is 4.79 Å². The van der Waals surface area contributed by atoms with Gasteiger partial charge in [0, 0.05) is 13.1 Å². The van der Waals surface area contributed by atoms with E-state index in [1.54, 1.807) is 7.05 Å². The number of likely N-dealkylation sites (N-methyl/N-ethyl adjacent to an activating group) is 1. The van der Waals surface area contributed by atoms with E-state index in [0.717, 1.165) is 0 Å². The summed E-state index contributed by atoms with van der Waals surface area (Å²) in [7, 11) is 1.69. The van der Waals surface area contributed by atoms with Crippen LogP contribution >= 0.6 is 0 Å². The molecule has 0 bridgehead atoms. The Morgan fingerprint density at radius 1 is 1.47 bits per heavy atom. The van der Waals surface area contributed by atoms with E-state index in [2.05, 4.69) is 24.5 Å². The molecule has 0 aromatic carbocycles. The highest BCUT2D eigenvalue weighted by Gasteiger charge is 2.29. The first-order valence-electron chi connectivity index (χ1n) is 5.92. The molecule has 0 aromatic rings. The van der Waals surface area contributed by atoms with Gasteiger partial charge < -0.3 is 10.6 Å². The molecule has 0 radical (unpaired) electrons. The number of amides is 1. The van der Waals surface area contributed by atoms with Gasteiger partial charge in [0.05, 0.1) is 6.04 Å². The quantitative estimate of drug-likeness (QED) is 0.747. The second-order valence-electron chi connectivity index (χ2n) is 5.46. The zero-order valence-electron chi connectivity index (χ0n) is 10.4. The van der Waals surface area contributed by atoms with Crippen molar-refractivity contribution in [3.8, 4) is 0 Å². The van der Waals surface area contributed by atoms with E-state index in [0.29, 0.717) is 11.5 Å². The minimum Gasteiger partial charge on any atom is -0.358 e. The molecule has 1 saturated carbocycles. The van der Waals surface area contributed by atoms with E-state index < -0.39 is 0 Å². The smallest absolute Gasteiger partial charge is 0.236 e. The van der Waals surface area contributed by atoms with Crippen LogP contribution in [0.3, 0.4) is 0 Å². The van der Waals surface area contributed by atoms with E-state index in [-0.39, 0.29) is 11.9 Å². The summed E-state index contributed by atoms with van der Waals surface area (Å²) in [6.45, 7) is 6.55. The number of nitrogens with one attached hydrogen (secondary N) is 2. The van der Waals surface area contributed by atoms with Crippen LogP contribution in [-0.4, -0.2) is 25.0 Å². The average Bonchev–Trinajstić information content (AvgIpc) is 2.14. The second-order valence-corrected chi connectivity index (χ2v) is 5.46. The molecule has 2 N–H and O–H groups in total. The summed E-state index contributed by atoms with van der Waals surface area (Å²) in [5.74, 6) is 0.0818. The summed E-state index contributed by atoms with van der Waals surface area (Å²) in [6, 6.07) is 0.426. The number of hydrogen-bond acceptors (Lipinski definition) is 2. The van der Waals surface area contributed by atoms with E-state index in [9.17, 15) is 4.79 Å². The SMILES string of the molecule is CNC(=O)[C@@H](C)NC1CCCC(C)(C)C1. The first kappa shape index (κ1) is 12.5. The largest absolute Gasteiger partial charge is 0.358 e. The molecule has 1 aliphatic carbocycles. The van der Waals surface area contributed by atoms with Gasteiger partial charge in [0.1, 0.15) is 0 Å². The van der Waals surface area contributed by atoms with Gasteiger partial charge in [-0.1, -0.05) is 20.3 Å². The normalized spacial score (nSPS) is 27.1. The lowest BCUT2D eigenvalue weighted by Crippen LogP contribution is -2.48. The molecule has 0 aliphatic heterocycles. The second kappa shape index (κ2) is 4.97. The molecule has 0 heterocycles. The molecular formula is C12H24N2O. The van der Waals surface area contributed by atoms with Crippen LogP contribution in [0, 0.1) is 5.41 Å². The predicted octanol–water partition coefficient (Wildman–Crippen LogP) is 1.68. The molecule has 1 rings (SSSR count). The van der Waals surface area contributed by atoms with Crippen molar-refractivity contribution in [2.75, 3.05) is 7.05 Å². The molecule has 1 fully saturated rings. The van der Waals surface area contributed by atoms with Crippen LogP contribution in [0.15, 0.2) is 0 Å². The maximum absolute atomic E-state index is 11.4. The third-order valence-electron chi connectivity index (χ3n) is 3.33. The van der Waals surface area contributed by atoms with E-state index in [4.69, 9.17) is 0 Å².